The van der Waals surface area contributed by atoms with Crippen LogP contribution >= 0.6 is 11.3 Å². The fourth-order valence-electron chi connectivity index (χ4n) is 3.17. The molecule has 0 bridgehead atoms. The average molecular weight is 436 g/mol. The molecule has 1 aliphatic rings. The Hall–Kier alpha value is -2.75. The Morgan fingerprint density at radius 2 is 2.17 bits per heavy atom. The highest BCUT2D eigenvalue weighted by molar-refractivity contribution is 7.09. The second-order valence-electron chi connectivity index (χ2n) is 8.17. The first-order valence-electron chi connectivity index (χ1n) is 9.68. The smallest absolute Gasteiger partial charge is 0.410 e. The first kappa shape index (κ1) is 21.9. The summed E-state index contributed by atoms with van der Waals surface area (Å²) < 4.78 is 20.2. The van der Waals surface area contributed by atoms with E-state index < -0.39 is 29.8 Å². The third-order valence-electron chi connectivity index (χ3n) is 4.58. The summed E-state index contributed by atoms with van der Waals surface area (Å²) in [5.74, 6) is -0.646. The summed E-state index contributed by atoms with van der Waals surface area (Å²) in [7, 11) is 0. The van der Waals surface area contributed by atoms with Gasteiger partial charge in [-0.05, 0) is 33.3 Å². The third kappa shape index (κ3) is 5.65. The van der Waals surface area contributed by atoms with Crippen molar-refractivity contribution in [3.63, 3.8) is 0 Å². The minimum absolute atomic E-state index is 0.0878. The number of alkyl halides is 1. The van der Waals surface area contributed by atoms with E-state index in [2.05, 4.69) is 15.3 Å². The summed E-state index contributed by atoms with van der Waals surface area (Å²) in [6.07, 6.45) is 2.11. The lowest BCUT2D eigenvalue weighted by Gasteiger charge is -2.36. The molecule has 8 nitrogen and oxygen atoms in total. The van der Waals surface area contributed by atoms with Crippen LogP contribution in [-0.2, 0) is 11.2 Å². The summed E-state index contributed by atoms with van der Waals surface area (Å²) >= 11 is 1.50. The minimum Gasteiger partial charge on any atom is -0.444 e. The monoisotopic (exact) mass is 435 g/mol. The number of anilines is 1. The van der Waals surface area contributed by atoms with E-state index in [1.165, 1.54) is 22.4 Å². The van der Waals surface area contributed by atoms with E-state index in [1.807, 2.05) is 5.38 Å². The second-order valence-corrected chi connectivity index (χ2v) is 9.15. The van der Waals surface area contributed by atoms with Crippen molar-refractivity contribution in [2.24, 2.45) is 5.73 Å². The number of piperidine rings is 1. The standard InChI is InChI=1S/C20H26FN5O3S/c1-20(2,3)29-19(28)26-6-4-15(14(21)11-26)25-16-8-12(9-17-23-5-7-30-17)24-10-13(16)18(22)27/h5,7-8,10,14-15H,4,6,9,11H2,1-3H3,(H2,22,27)(H,24,25)/t14-,15+/m0/s1. The van der Waals surface area contributed by atoms with Crippen molar-refractivity contribution >= 4 is 29.0 Å². The number of carbonyl (C=O) groups is 2. The Balaban J connectivity index is 1.70. The van der Waals surface area contributed by atoms with Crippen LogP contribution in [0.2, 0.25) is 0 Å². The van der Waals surface area contributed by atoms with Gasteiger partial charge >= 0.3 is 6.09 Å². The first-order valence-corrected chi connectivity index (χ1v) is 10.6. The molecule has 0 saturated carbocycles. The summed E-state index contributed by atoms with van der Waals surface area (Å²) in [6, 6.07) is 1.13. The number of hydrogen-bond donors (Lipinski definition) is 2. The number of halogens is 1. The molecule has 2 aromatic rings. The second kappa shape index (κ2) is 8.95. The summed E-state index contributed by atoms with van der Waals surface area (Å²) in [5.41, 5.74) is 6.15. The third-order valence-corrected chi connectivity index (χ3v) is 5.36. The van der Waals surface area contributed by atoms with Gasteiger partial charge in [0.05, 0.1) is 28.8 Å². The van der Waals surface area contributed by atoms with Gasteiger partial charge in [0, 0.05) is 36.4 Å². The van der Waals surface area contributed by atoms with E-state index in [9.17, 15) is 14.0 Å². The summed E-state index contributed by atoms with van der Waals surface area (Å²) in [6.45, 7) is 5.56. The van der Waals surface area contributed by atoms with Crippen LogP contribution in [0.5, 0.6) is 0 Å². The summed E-state index contributed by atoms with van der Waals surface area (Å²) in [4.78, 5) is 33.9. The van der Waals surface area contributed by atoms with E-state index in [4.69, 9.17) is 10.5 Å². The molecule has 0 spiro atoms. The first-order chi connectivity index (χ1) is 14.1. The predicted octanol–water partition coefficient (Wildman–Crippen LogP) is 2.99. The van der Waals surface area contributed by atoms with Crippen LogP contribution in [0.4, 0.5) is 14.9 Å². The Kier molecular flexibility index (Phi) is 6.55. The van der Waals surface area contributed by atoms with Gasteiger partial charge in [0.25, 0.3) is 5.91 Å². The van der Waals surface area contributed by atoms with E-state index in [1.54, 1.807) is 33.0 Å². The molecule has 0 aromatic carbocycles. The van der Waals surface area contributed by atoms with Gasteiger partial charge in [-0.15, -0.1) is 11.3 Å². The molecule has 10 heteroatoms. The molecule has 1 fully saturated rings. The number of pyridine rings is 1. The molecule has 30 heavy (non-hydrogen) atoms. The van der Waals surface area contributed by atoms with Gasteiger partial charge in [0.15, 0.2) is 0 Å². The number of aromatic nitrogens is 2. The van der Waals surface area contributed by atoms with Gasteiger partial charge < -0.3 is 20.7 Å². The van der Waals surface area contributed by atoms with Crippen LogP contribution < -0.4 is 11.1 Å². The molecular weight excluding hydrogens is 409 g/mol. The average Bonchev–Trinajstić information content (AvgIpc) is 3.15. The molecule has 2 amide bonds. The predicted molar refractivity (Wildman–Crippen MR) is 112 cm³/mol. The molecule has 0 unspecified atom stereocenters. The zero-order valence-electron chi connectivity index (χ0n) is 17.2. The largest absolute Gasteiger partial charge is 0.444 e. The number of nitrogens with one attached hydrogen (secondary N) is 1. The number of hydrogen-bond acceptors (Lipinski definition) is 7. The molecule has 3 heterocycles. The highest BCUT2D eigenvalue weighted by atomic mass is 32.1. The fraction of sp³-hybridized carbons (Fsp3) is 0.500. The van der Waals surface area contributed by atoms with Crippen molar-refractivity contribution in [3.8, 4) is 0 Å². The Labute approximate surface area is 178 Å². The van der Waals surface area contributed by atoms with Gasteiger partial charge in [-0.1, -0.05) is 0 Å². The highest BCUT2D eigenvalue weighted by Gasteiger charge is 2.34. The quantitative estimate of drug-likeness (QED) is 0.747. The lowest BCUT2D eigenvalue weighted by molar-refractivity contribution is 0.0125. The number of ether oxygens (including phenoxy) is 1. The van der Waals surface area contributed by atoms with Crippen LogP contribution in [0, 0.1) is 0 Å². The number of thiazole rings is 1. The van der Waals surface area contributed by atoms with E-state index in [0.29, 0.717) is 30.8 Å². The molecular formula is C20H26FN5O3S. The fourth-order valence-corrected chi connectivity index (χ4v) is 3.80. The minimum atomic E-state index is -1.33. The molecule has 3 N–H and O–H groups in total. The van der Waals surface area contributed by atoms with Gasteiger partial charge in [0.1, 0.15) is 11.8 Å². The number of rotatable bonds is 5. The number of primary amides is 1. The Bertz CT molecular complexity index is 900. The van der Waals surface area contributed by atoms with Crippen molar-refractivity contribution in [2.45, 2.75) is 51.4 Å². The number of nitrogens with zero attached hydrogens (tertiary/aromatic N) is 3. The van der Waals surface area contributed by atoms with Crippen molar-refractivity contribution < 1.29 is 18.7 Å². The van der Waals surface area contributed by atoms with Crippen molar-refractivity contribution in [1.82, 2.24) is 14.9 Å². The molecule has 1 aliphatic heterocycles. The van der Waals surface area contributed by atoms with E-state index >= 15 is 0 Å². The maximum Gasteiger partial charge on any atom is 0.410 e. The lowest BCUT2D eigenvalue weighted by atomic mass is 10.0. The van der Waals surface area contributed by atoms with Crippen LogP contribution in [0.25, 0.3) is 0 Å². The summed E-state index contributed by atoms with van der Waals surface area (Å²) in [5, 5.41) is 5.85. The van der Waals surface area contributed by atoms with Crippen LogP contribution in [0.3, 0.4) is 0 Å². The highest BCUT2D eigenvalue weighted by Crippen LogP contribution is 2.24. The van der Waals surface area contributed by atoms with Gasteiger partial charge in [-0.25, -0.2) is 14.2 Å². The van der Waals surface area contributed by atoms with Crippen LogP contribution in [0.15, 0.2) is 23.8 Å². The topological polar surface area (TPSA) is 110 Å². The van der Waals surface area contributed by atoms with Crippen molar-refractivity contribution in [2.75, 3.05) is 18.4 Å². The molecule has 0 radical (unpaired) electrons. The van der Waals surface area contributed by atoms with Gasteiger partial charge in [0.2, 0.25) is 0 Å². The Morgan fingerprint density at radius 3 is 2.77 bits per heavy atom. The zero-order valence-corrected chi connectivity index (χ0v) is 18.0. The zero-order chi connectivity index (χ0) is 21.9. The number of carbonyl (C=O) groups excluding carboxylic acids is 2. The number of likely N-dealkylation sites (tertiary alicyclic amines) is 1. The van der Waals surface area contributed by atoms with Gasteiger partial charge in [-0.2, -0.15) is 0 Å². The number of amides is 2. The molecule has 3 rings (SSSR count). The van der Waals surface area contributed by atoms with Gasteiger partial charge in [-0.3, -0.25) is 9.78 Å². The SMILES string of the molecule is CC(C)(C)OC(=O)N1CC[C@@H](Nc2cc(Cc3nccs3)ncc2C(N)=O)[C@@H](F)C1. The van der Waals surface area contributed by atoms with E-state index in [-0.39, 0.29) is 12.1 Å². The lowest BCUT2D eigenvalue weighted by Crippen LogP contribution is -2.51. The number of nitrogens with two attached hydrogens (primary N) is 1. The molecule has 162 valence electrons. The molecule has 2 aromatic heterocycles. The van der Waals surface area contributed by atoms with E-state index in [0.717, 1.165) is 5.01 Å². The van der Waals surface area contributed by atoms with Crippen molar-refractivity contribution in [3.05, 3.63) is 40.1 Å². The maximum atomic E-state index is 14.9. The van der Waals surface area contributed by atoms with Crippen LogP contribution in [0.1, 0.15) is 48.3 Å². The Morgan fingerprint density at radius 1 is 1.40 bits per heavy atom. The maximum absolute atomic E-state index is 14.9. The normalized spacial score (nSPS) is 19.4. The molecule has 0 aliphatic carbocycles. The molecule has 1 saturated heterocycles. The molecule has 2 atom stereocenters. The van der Waals surface area contributed by atoms with Crippen LogP contribution in [-0.4, -0.2) is 57.8 Å². The van der Waals surface area contributed by atoms with Crippen molar-refractivity contribution in [1.29, 1.82) is 0 Å².